The highest BCUT2D eigenvalue weighted by Gasteiger charge is 2.30. The molecule has 0 bridgehead atoms. The Morgan fingerprint density at radius 1 is 1.10 bits per heavy atom. The number of H-pyrrole nitrogens is 1. The number of carbonyl (C=O) groups excluding carboxylic acids is 2. The van der Waals surface area contributed by atoms with Gasteiger partial charge in [-0.25, -0.2) is 4.79 Å². The summed E-state index contributed by atoms with van der Waals surface area (Å²) in [6.45, 7) is 3.94. The van der Waals surface area contributed by atoms with Crippen LogP contribution in [0.2, 0.25) is 0 Å². The van der Waals surface area contributed by atoms with E-state index in [-0.39, 0.29) is 12.3 Å². The van der Waals surface area contributed by atoms with Crippen LogP contribution in [0.25, 0.3) is 10.9 Å². The van der Waals surface area contributed by atoms with E-state index in [0.717, 1.165) is 22.9 Å². The van der Waals surface area contributed by atoms with Gasteiger partial charge in [-0.05, 0) is 36.9 Å². The predicted octanol–water partition coefficient (Wildman–Crippen LogP) is 0.877. The Bertz CT molecular complexity index is 895. The van der Waals surface area contributed by atoms with Crippen LogP contribution in [0.3, 0.4) is 0 Å². The molecule has 8 N–H and O–H groups in total. The summed E-state index contributed by atoms with van der Waals surface area (Å²) in [5.41, 5.74) is 13.2. The summed E-state index contributed by atoms with van der Waals surface area (Å²) in [5.74, 6) is -2.45. The Balaban J connectivity index is 2.20. The van der Waals surface area contributed by atoms with E-state index in [2.05, 4.69) is 15.6 Å². The van der Waals surface area contributed by atoms with E-state index in [4.69, 9.17) is 11.5 Å². The second kappa shape index (κ2) is 11.5. The number of hydrogen-bond acceptors (Lipinski definition) is 5. The summed E-state index contributed by atoms with van der Waals surface area (Å²) >= 11 is 0. The molecule has 0 fully saturated rings. The monoisotopic (exact) mass is 431 g/mol. The number of hydrogen-bond donors (Lipinski definition) is 6. The fourth-order valence-electron chi connectivity index (χ4n) is 3.42. The number of para-hydroxylation sites is 1. The van der Waals surface area contributed by atoms with Gasteiger partial charge in [0, 0.05) is 23.5 Å². The number of carboxylic acid groups (broad SMARTS) is 1. The number of carboxylic acids is 1. The summed E-state index contributed by atoms with van der Waals surface area (Å²) in [6.07, 6.45) is 3.90. The number of amides is 2. The van der Waals surface area contributed by atoms with E-state index in [9.17, 15) is 19.5 Å². The summed E-state index contributed by atoms with van der Waals surface area (Å²) < 4.78 is 0. The van der Waals surface area contributed by atoms with Gasteiger partial charge >= 0.3 is 5.97 Å². The van der Waals surface area contributed by atoms with Gasteiger partial charge in [-0.3, -0.25) is 9.59 Å². The van der Waals surface area contributed by atoms with E-state index in [1.165, 1.54) is 0 Å². The van der Waals surface area contributed by atoms with Gasteiger partial charge in [-0.2, -0.15) is 0 Å². The first-order chi connectivity index (χ1) is 14.7. The molecule has 0 spiro atoms. The predicted molar refractivity (Wildman–Crippen MR) is 119 cm³/mol. The zero-order chi connectivity index (χ0) is 23.0. The highest BCUT2D eigenvalue weighted by molar-refractivity contribution is 5.93. The second-order valence-corrected chi connectivity index (χ2v) is 8.08. The van der Waals surface area contributed by atoms with Crippen molar-refractivity contribution in [3.63, 3.8) is 0 Å². The van der Waals surface area contributed by atoms with Crippen LogP contribution in [-0.2, 0) is 20.8 Å². The number of carbonyl (C=O) groups is 3. The molecule has 31 heavy (non-hydrogen) atoms. The van der Waals surface area contributed by atoms with Gasteiger partial charge in [-0.1, -0.05) is 38.5 Å². The molecule has 0 aliphatic rings. The number of aromatic amines is 1. The van der Waals surface area contributed by atoms with Crippen molar-refractivity contribution in [3.05, 3.63) is 36.0 Å². The average Bonchev–Trinajstić information content (AvgIpc) is 3.13. The SMILES string of the molecule is CC(C)C(NC(=O)C(Cc1c[nH]c2ccccc12)NC(=O)C(N)CCCCN)C(=O)O. The molecule has 1 heterocycles. The minimum atomic E-state index is -1.13. The average molecular weight is 432 g/mol. The summed E-state index contributed by atoms with van der Waals surface area (Å²) in [7, 11) is 0. The Morgan fingerprint density at radius 2 is 1.81 bits per heavy atom. The normalized spacial score (nSPS) is 14.2. The minimum Gasteiger partial charge on any atom is -0.480 e. The summed E-state index contributed by atoms with van der Waals surface area (Å²) in [4.78, 5) is 40.3. The maximum absolute atomic E-state index is 13.0. The van der Waals surface area contributed by atoms with Gasteiger partial charge in [0.1, 0.15) is 12.1 Å². The quantitative estimate of drug-likeness (QED) is 0.273. The summed E-state index contributed by atoms with van der Waals surface area (Å²) in [5, 5.41) is 15.6. The van der Waals surface area contributed by atoms with E-state index in [1.54, 1.807) is 20.0 Å². The molecule has 170 valence electrons. The fourth-order valence-corrected chi connectivity index (χ4v) is 3.42. The van der Waals surface area contributed by atoms with E-state index in [0.29, 0.717) is 19.4 Å². The molecule has 0 aliphatic heterocycles. The maximum atomic E-state index is 13.0. The molecule has 2 aromatic rings. The molecule has 1 aromatic heterocycles. The zero-order valence-electron chi connectivity index (χ0n) is 18.1. The first kappa shape index (κ1) is 24.4. The van der Waals surface area contributed by atoms with Crippen molar-refractivity contribution in [1.29, 1.82) is 0 Å². The van der Waals surface area contributed by atoms with Crippen LogP contribution in [0.4, 0.5) is 0 Å². The van der Waals surface area contributed by atoms with Crippen LogP contribution in [0.1, 0.15) is 38.7 Å². The third-order valence-corrected chi connectivity index (χ3v) is 5.27. The summed E-state index contributed by atoms with van der Waals surface area (Å²) in [6, 6.07) is 4.82. The molecule has 2 amide bonds. The Kier molecular flexibility index (Phi) is 9.02. The van der Waals surface area contributed by atoms with Gasteiger partial charge in [0.15, 0.2) is 0 Å². The molecule has 0 saturated heterocycles. The molecule has 9 heteroatoms. The first-order valence-corrected chi connectivity index (χ1v) is 10.6. The molecule has 1 aromatic carbocycles. The molecule has 0 radical (unpaired) electrons. The third kappa shape index (κ3) is 6.80. The number of nitrogens with two attached hydrogens (primary N) is 2. The van der Waals surface area contributed by atoms with Crippen molar-refractivity contribution in [2.45, 2.75) is 57.7 Å². The fraction of sp³-hybridized carbons (Fsp3) is 0.500. The Morgan fingerprint density at radius 3 is 2.45 bits per heavy atom. The van der Waals surface area contributed by atoms with Gasteiger partial charge in [0.05, 0.1) is 6.04 Å². The van der Waals surface area contributed by atoms with Gasteiger partial charge in [0.25, 0.3) is 0 Å². The van der Waals surface area contributed by atoms with Crippen LogP contribution in [-0.4, -0.2) is 52.5 Å². The smallest absolute Gasteiger partial charge is 0.326 e. The number of benzene rings is 1. The Labute approximate surface area is 181 Å². The number of rotatable bonds is 12. The molecule has 2 rings (SSSR count). The van der Waals surface area contributed by atoms with Crippen molar-refractivity contribution in [1.82, 2.24) is 15.6 Å². The topological polar surface area (TPSA) is 163 Å². The molecular weight excluding hydrogens is 398 g/mol. The van der Waals surface area contributed by atoms with Crippen molar-refractivity contribution in [2.24, 2.45) is 17.4 Å². The number of nitrogens with one attached hydrogen (secondary N) is 3. The van der Waals surface area contributed by atoms with Gasteiger partial charge < -0.3 is 32.2 Å². The van der Waals surface area contributed by atoms with Crippen molar-refractivity contribution in [3.8, 4) is 0 Å². The number of aliphatic carboxylic acids is 1. The van der Waals surface area contributed by atoms with Crippen molar-refractivity contribution >= 4 is 28.7 Å². The zero-order valence-corrected chi connectivity index (χ0v) is 18.1. The lowest BCUT2D eigenvalue weighted by atomic mass is 10.0. The van der Waals surface area contributed by atoms with E-state index >= 15 is 0 Å². The van der Waals surface area contributed by atoms with Crippen LogP contribution >= 0.6 is 0 Å². The number of fused-ring (bicyclic) bond motifs is 1. The highest BCUT2D eigenvalue weighted by atomic mass is 16.4. The largest absolute Gasteiger partial charge is 0.480 e. The Hall–Kier alpha value is -2.91. The standard InChI is InChI=1S/C22H33N5O4/c1-13(2)19(22(30)31)27-21(29)18(26-20(28)16(24)8-5-6-10-23)11-14-12-25-17-9-4-3-7-15(14)17/h3-4,7,9,12-13,16,18-19,25H,5-6,8,10-11,23-24H2,1-2H3,(H,26,28)(H,27,29)(H,30,31). The number of aromatic nitrogens is 1. The molecular formula is C22H33N5O4. The van der Waals surface area contributed by atoms with Crippen LogP contribution in [0.15, 0.2) is 30.5 Å². The number of unbranched alkanes of at least 4 members (excludes halogenated alkanes) is 1. The third-order valence-electron chi connectivity index (χ3n) is 5.27. The first-order valence-electron chi connectivity index (χ1n) is 10.6. The highest BCUT2D eigenvalue weighted by Crippen LogP contribution is 2.19. The molecule has 3 unspecified atom stereocenters. The van der Waals surface area contributed by atoms with E-state index < -0.39 is 35.9 Å². The molecule has 0 aliphatic carbocycles. The van der Waals surface area contributed by atoms with Crippen LogP contribution in [0, 0.1) is 5.92 Å². The van der Waals surface area contributed by atoms with Crippen molar-refractivity contribution in [2.75, 3.05) is 6.54 Å². The molecule has 0 saturated carbocycles. The van der Waals surface area contributed by atoms with Gasteiger partial charge in [0.2, 0.25) is 11.8 Å². The maximum Gasteiger partial charge on any atom is 0.326 e. The lowest BCUT2D eigenvalue weighted by molar-refractivity contribution is -0.143. The van der Waals surface area contributed by atoms with E-state index in [1.807, 2.05) is 24.3 Å². The molecule has 3 atom stereocenters. The lowest BCUT2D eigenvalue weighted by Gasteiger charge is -2.24. The minimum absolute atomic E-state index is 0.196. The van der Waals surface area contributed by atoms with Crippen LogP contribution < -0.4 is 22.1 Å². The van der Waals surface area contributed by atoms with Crippen molar-refractivity contribution < 1.29 is 19.5 Å². The second-order valence-electron chi connectivity index (χ2n) is 8.08. The lowest BCUT2D eigenvalue weighted by Crippen LogP contribution is -2.56. The van der Waals surface area contributed by atoms with Crippen LogP contribution in [0.5, 0.6) is 0 Å². The molecule has 9 nitrogen and oxygen atoms in total. The van der Waals surface area contributed by atoms with Gasteiger partial charge in [-0.15, -0.1) is 0 Å².